The van der Waals surface area contributed by atoms with Crippen LogP contribution in [0.4, 0.5) is 0 Å². The van der Waals surface area contributed by atoms with Crippen LogP contribution in [0.25, 0.3) is 110 Å². The lowest BCUT2D eigenvalue weighted by atomic mass is 9.92. The van der Waals surface area contributed by atoms with Crippen molar-refractivity contribution < 1.29 is 0 Å². The minimum atomic E-state index is 0.639. The first-order chi connectivity index (χ1) is 26.8. The van der Waals surface area contributed by atoms with Crippen molar-refractivity contribution in [2.24, 2.45) is 0 Å². The fourth-order valence-electron chi connectivity index (χ4n) is 8.30. The Balaban J connectivity index is 1.19. The molecular formula is C51H31N3. The van der Waals surface area contributed by atoms with Crippen molar-refractivity contribution >= 4 is 64.6 Å². The predicted molar refractivity (Wildman–Crippen MR) is 227 cm³/mol. The molecule has 54 heavy (non-hydrogen) atoms. The summed E-state index contributed by atoms with van der Waals surface area (Å²) < 4.78 is 0. The largest absolute Gasteiger partial charge is 0.208 e. The summed E-state index contributed by atoms with van der Waals surface area (Å²) in [7, 11) is 0. The van der Waals surface area contributed by atoms with Gasteiger partial charge in [-0.25, -0.2) is 15.0 Å². The van der Waals surface area contributed by atoms with Crippen LogP contribution >= 0.6 is 0 Å². The maximum atomic E-state index is 5.37. The first kappa shape index (κ1) is 30.4. The van der Waals surface area contributed by atoms with Gasteiger partial charge in [0, 0.05) is 16.7 Å². The third-order valence-corrected chi connectivity index (χ3v) is 10.9. The molecule has 0 aliphatic rings. The molecule has 0 aliphatic carbocycles. The second-order valence-electron chi connectivity index (χ2n) is 14.0. The molecule has 0 N–H and O–H groups in total. The predicted octanol–water partition coefficient (Wildman–Crippen LogP) is 13.5. The first-order valence-electron chi connectivity index (χ1n) is 18.4. The van der Waals surface area contributed by atoms with E-state index in [9.17, 15) is 0 Å². The Morgan fingerprint density at radius 3 is 1.37 bits per heavy atom. The number of fused-ring (bicyclic) bond motifs is 10. The molecule has 0 spiro atoms. The fourth-order valence-corrected chi connectivity index (χ4v) is 8.30. The Labute approximate surface area is 311 Å². The third-order valence-electron chi connectivity index (χ3n) is 10.9. The highest BCUT2D eigenvalue weighted by molar-refractivity contribution is 6.26. The van der Waals surface area contributed by atoms with Gasteiger partial charge in [-0.3, -0.25) is 0 Å². The van der Waals surface area contributed by atoms with Gasteiger partial charge in [0.05, 0.1) is 0 Å². The van der Waals surface area contributed by atoms with E-state index in [0.717, 1.165) is 38.4 Å². The Morgan fingerprint density at radius 1 is 0.222 bits per heavy atom. The summed E-state index contributed by atoms with van der Waals surface area (Å²) in [6, 6.07) is 66.9. The molecule has 11 aromatic rings. The topological polar surface area (TPSA) is 38.7 Å². The van der Waals surface area contributed by atoms with Crippen LogP contribution in [0.2, 0.25) is 0 Å². The number of nitrogens with zero attached hydrogens (tertiary/aromatic N) is 3. The van der Waals surface area contributed by atoms with Gasteiger partial charge in [-0.1, -0.05) is 176 Å². The van der Waals surface area contributed by atoms with E-state index >= 15 is 0 Å². The van der Waals surface area contributed by atoms with E-state index < -0.39 is 0 Å². The van der Waals surface area contributed by atoms with Gasteiger partial charge in [-0.05, 0) is 87.9 Å². The first-order valence-corrected chi connectivity index (χ1v) is 18.4. The van der Waals surface area contributed by atoms with Gasteiger partial charge in [0.15, 0.2) is 17.5 Å². The van der Waals surface area contributed by atoms with Crippen LogP contribution in [0.3, 0.4) is 0 Å². The minimum Gasteiger partial charge on any atom is -0.208 e. The lowest BCUT2D eigenvalue weighted by molar-refractivity contribution is 1.08. The number of benzene rings is 10. The normalized spacial score (nSPS) is 11.7. The summed E-state index contributed by atoms with van der Waals surface area (Å²) in [6.07, 6.45) is 0. The fraction of sp³-hybridized carbons (Fsp3) is 0. The lowest BCUT2D eigenvalue weighted by Crippen LogP contribution is -2.01. The van der Waals surface area contributed by atoms with E-state index in [1.165, 1.54) is 54.0 Å². The van der Waals surface area contributed by atoms with Crippen LogP contribution in [-0.4, -0.2) is 15.0 Å². The average Bonchev–Trinajstić information content (AvgIpc) is 3.25. The van der Waals surface area contributed by atoms with Crippen LogP contribution in [0.15, 0.2) is 188 Å². The molecule has 1 aromatic heterocycles. The molecule has 0 bridgehead atoms. The Morgan fingerprint density at radius 2 is 0.667 bits per heavy atom. The SMILES string of the molecule is c1ccc(-c2ccc(-c3nc(-c4ccc5c6ccccc6c6ccccc6c5c4)nc(-c4c5ccccc5cc5c4ccc4ccccc45)n3)cc2)cc1. The van der Waals surface area contributed by atoms with Crippen LogP contribution < -0.4 is 0 Å². The van der Waals surface area contributed by atoms with Crippen molar-refractivity contribution in [3.63, 3.8) is 0 Å². The van der Waals surface area contributed by atoms with E-state index in [1.54, 1.807) is 0 Å². The maximum Gasteiger partial charge on any atom is 0.165 e. The molecule has 0 fully saturated rings. The molecule has 0 saturated carbocycles. The molecule has 0 atom stereocenters. The third kappa shape index (κ3) is 4.87. The van der Waals surface area contributed by atoms with Crippen LogP contribution in [0, 0.1) is 0 Å². The van der Waals surface area contributed by atoms with Crippen LogP contribution in [0.5, 0.6) is 0 Å². The van der Waals surface area contributed by atoms with Crippen molar-refractivity contribution in [1.29, 1.82) is 0 Å². The molecule has 0 unspecified atom stereocenters. The van der Waals surface area contributed by atoms with E-state index in [1.807, 2.05) is 6.07 Å². The molecule has 3 heteroatoms. The van der Waals surface area contributed by atoms with Crippen LogP contribution in [-0.2, 0) is 0 Å². The van der Waals surface area contributed by atoms with Crippen molar-refractivity contribution in [3.05, 3.63) is 188 Å². The summed E-state index contributed by atoms with van der Waals surface area (Å²) in [5, 5.41) is 14.3. The molecule has 0 saturated heterocycles. The van der Waals surface area contributed by atoms with Gasteiger partial charge >= 0.3 is 0 Å². The second kappa shape index (κ2) is 12.2. The summed E-state index contributed by atoms with van der Waals surface area (Å²) >= 11 is 0. The number of hydrogen-bond acceptors (Lipinski definition) is 3. The Hall–Kier alpha value is -7.23. The summed E-state index contributed by atoms with van der Waals surface area (Å²) in [5.74, 6) is 1.94. The van der Waals surface area contributed by atoms with E-state index in [4.69, 9.17) is 15.0 Å². The smallest absolute Gasteiger partial charge is 0.165 e. The van der Waals surface area contributed by atoms with Crippen molar-refractivity contribution in [2.45, 2.75) is 0 Å². The van der Waals surface area contributed by atoms with Crippen molar-refractivity contribution in [2.75, 3.05) is 0 Å². The van der Waals surface area contributed by atoms with E-state index in [2.05, 4.69) is 182 Å². The molecule has 10 aromatic carbocycles. The summed E-state index contributed by atoms with van der Waals surface area (Å²) in [4.78, 5) is 15.9. The maximum absolute atomic E-state index is 5.37. The molecule has 11 rings (SSSR count). The standard InChI is InChI=1S/C51H31N3/c1-2-12-32(13-3-1)33-22-24-35(25-23-33)49-52-50(37-27-28-44-42-20-9-8-18-40(42)41-19-10-11-21-43(41)47(44)31-37)54-51(53-49)48-39-17-7-5-15-36(39)30-46-38-16-6-4-14-34(38)26-29-45(46)48/h1-31H. The Kier molecular flexibility index (Phi) is 6.86. The molecular weight excluding hydrogens is 655 g/mol. The zero-order chi connectivity index (χ0) is 35.6. The molecule has 0 aliphatic heterocycles. The highest BCUT2D eigenvalue weighted by atomic mass is 15.0. The van der Waals surface area contributed by atoms with Gasteiger partial charge in [-0.2, -0.15) is 0 Å². The van der Waals surface area contributed by atoms with Crippen molar-refractivity contribution in [3.8, 4) is 45.3 Å². The lowest BCUT2D eigenvalue weighted by Gasteiger charge is -2.15. The van der Waals surface area contributed by atoms with Gasteiger partial charge < -0.3 is 0 Å². The molecule has 0 radical (unpaired) electrons. The number of rotatable bonds is 4. The minimum absolute atomic E-state index is 0.639. The second-order valence-corrected chi connectivity index (χ2v) is 14.0. The highest BCUT2D eigenvalue weighted by Crippen LogP contribution is 2.41. The van der Waals surface area contributed by atoms with E-state index in [0.29, 0.717) is 17.5 Å². The summed E-state index contributed by atoms with van der Waals surface area (Å²) in [5.41, 5.74) is 5.22. The Bertz CT molecular complexity index is 3220. The average molecular weight is 686 g/mol. The molecule has 3 nitrogen and oxygen atoms in total. The zero-order valence-electron chi connectivity index (χ0n) is 29.2. The van der Waals surface area contributed by atoms with Gasteiger partial charge in [0.1, 0.15) is 0 Å². The number of hydrogen-bond donors (Lipinski definition) is 0. The highest BCUT2D eigenvalue weighted by Gasteiger charge is 2.19. The zero-order valence-corrected chi connectivity index (χ0v) is 29.2. The van der Waals surface area contributed by atoms with Gasteiger partial charge in [0.25, 0.3) is 0 Å². The van der Waals surface area contributed by atoms with Gasteiger partial charge in [0.2, 0.25) is 0 Å². The van der Waals surface area contributed by atoms with Crippen LogP contribution in [0.1, 0.15) is 0 Å². The quantitative estimate of drug-likeness (QED) is 0.137. The molecule has 250 valence electrons. The number of aromatic nitrogens is 3. The molecule has 0 amide bonds. The monoisotopic (exact) mass is 685 g/mol. The van der Waals surface area contributed by atoms with E-state index in [-0.39, 0.29) is 0 Å². The van der Waals surface area contributed by atoms with Crippen molar-refractivity contribution in [1.82, 2.24) is 15.0 Å². The van der Waals surface area contributed by atoms with Gasteiger partial charge in [-0.15, -0.1) is 0 Å². The summed E-state index contributed by atoms with van der Waals surface area (Å²) in [6.45, 7) is 0. The molecule has 1 heterocycles.